The summed E-state index contributed by atoms with van der Waals surface area (Å²) in [6.07, 6.45) is -0.0428. The molecule has 0 fully saturated rings. The van der Waals surface area contributed by atoms with Crippen LogP contribution in [0, 0.1) is 6.92 Å². The van der Waals surface area contributed by atoms with Crippen molar-refractivity contribution in [2.75, 3.05) is 6.61 Å². The van der Waals surface area contributed by atoms with Crippen LogP contribution in [-0.2, 0) is 18.2 Å². The molecule has 0 bridgehead atoms. The molecule has 17 heavy (non-hydrogen) atoms. The summed E-state index contributed by atoms with van der Waals surface area (Å²) >= 11 is 3.50. The quantitative estimate of drug-likeness (QED) is 0.907. The Hall–Kier alpha value is -0.390. The van der Waals surface area contributed by atoms with Crippen molar-refractivity contribution >= 4 is 15.9 Å². The monoisotopic (exact) mass is 304 g/mol. The Morgan fingerprint density at radius 3 is 2.53 bits per heavy atom. The van der Waals surface area contributed by atoms with Gasteiger partial charge in [-0.05, 0) is 43.6 Å². The van der Waals surface area contributed by atoms with Gasteiger partial charge in [0.25, 0.3) is 0 Å². The summed E-state index contributed by atoms with van der Waals surface area (Å²) in [4.78, 5) is 0. The predicted octanol–water partition coefficient (Wildman–Crippen LogP) is 2.21. The number of rotatable bonds is 5. The first-order chi connectivity index (χ1) is 7.79. The van der Waals surface area contributed by atoms with Gasteiger partial charge in [0, 0.05) is 20.1 Å². The number of aliphatic hydroxyl groups is 1. The van der Waals surface area contributed by atoms with Crippen LogP contribution in [0.2, 0.25) is 0 Å². The van der Waals surface area contributed by atoms with E-state index in [-0.39, 0.29) is 0 Å². The SMILES string of the molecule is CCOC(C)(C)C(O)Cc1c(Br)c(C)nn1C. The fraction of sp³-hybridized carbons (Fsp3) is 0.750. The number of halogens is 1. The molecule has 1 aromatic heterocycles. The fourth-order valence-corrected chi connectivity index (χ4v) is 2.30. The highest BCUT2D eigenvalue weighted by Crippen LogP contribution is 2.25. The minimum atomic E-state index is -0.562. The van der Waals surface area contributed by atoms with Crippen LogP contribution in [0.3, 0.4) is 0 Å². The second-order valence-electron chi connectivity index (χ2n) is 4.73. The van der Waals surface area contributed by atoms with Crippen molar-refractivity contribution in [3.05, 3.63) is 15.9 Å². The second-order valence-corrected chi connectivity index (χ2v) is 5.52. The van der Waals surface area contributed by atoms with E-state index in [0.29, 0.717) is 13.0 Å². The summed E-state index contributed by atoms with van der Waals surface area (Å²) in [5.74, 6) is 0. The number of hydrogen-bond donors (Lipinski definition) is 1. The molecular weight excluding hydrogens is 284 g/mol. The minimum Gasteiger partial charge on any atom is -0.390 e. The number of aryl methyl sites for hydroxylation is 2. The molecule has 1 aromatic rings. The van der Waals surface area contributed by atoms with Gasteiger partial charge in [0.1, 0.15) is 0 Å². The number of nitrogens with zero attached hydrogens (tertiary/aromatic N) is 2. The Balaban J connectivity index is 2.84. The van der Waals surface area contributed by atoms with E-state index >= 15 is 0 Å². The van der Waals surface area contributed by atoms with E-state index in [1.54, 1.807) is 4.68 Å². The van der Waals surface area contributed by atoms with Crippen molar-refractivity contribution in [2.45, 2.75) is 45.8 Å². The maximum Gasteiger partial charge on any atom is 0.0887 e. The third kappa shape index (κ3) is 3.30. The number of aliphatic hydroxyl groups excluding tert-OH is 1. The largest absolute Gasteiger partial charge is 0.390 e. The van der Waals surface area contributed by atoms with Gasteiger partial charge < -0.3 is 9.84 Å². The summed E-state index contributed by atoms with van der Waals surface area (Å²) in [6.45, 7) is 8.26. The summed E-state index contributed by atoms with van der Waals surface area (Å²) in [6, 6.07) is 0. The van der Waals surface area contributed by atoms with Crippen LogP contribution < -0.4 is 0 Å². The Bertz CT molecular complexity index is 388. The average Bonchev–Trinajstić information content (AvgIpc) is 2.45. The number of hydrogen-bond acceptors (Lipinski definition) is 3. The highest BCUT2D eigenvalue weighted by molar-refractivity contribution is 9.10. The van der Waals surface area contributed by atoms with Crippen LogP contribution in [-0.4, -0.2) is 33.2 Å². The van der Waals surface area contributed by atoms with Gasteiger partial charge in [0.05, 0.1) is 27.6 Å². The maximum absolute atomic E-state index is 10.2. The molecule has 4 nitrogen and oxygen atoms in total. The average molecular weight is 305 g/mol. The molecule has 0 spiro atoms. The van der Waals surface area contributed by atoms with Gasteiger partial charge in [-0.2, -0.15) is 5.10 Å². The molecule has 1 unspecified atom stereocenters. The topological polar surface area (TPSA) is 47.3 Å². The van der Waals surface area contributed by atoms with Crippen LogP contribution in [0.4, 0.5) is 0 Å². The maximum atomic E-state index is 10.2. The van der Waals surface area contributed by atoms with Crippen molar-refractivity contribution in [3.63, 3.8) is 0 Å². The zero-order valence-electron chi connectivity index (χ0n) is 11.1. The molecule has 0 radical (unpaired) electrons. The van der Waals surface area contributed by atoms with E-state index in [9.17, 15) is 5.11 Å². The van der Waals surface area contributed by atoms with Gasteiger partial charge in [0.15, 0.2) is 0 Å². The lowest BCUT2D eigenvalue weighted by atomic mass is 9.97. The summed E-state index contributed by atoms with van der Waals surface area (Å²) in [5, 5.41) is 14.5. The third-order valence-electron chi connectivity index (χ3n) is 2.97. The van der Waals surface area contributed by atoms with Gasteiger partial charge >= 0.3 is 0 Å². The summed E-state index contributed by atoms with van der Waals surface area (Å²) in [7, 11) is 1.88. The Morgan fingerprint density at radius 2 is 2.12 bits per heavy atom. The molecule has 1 heterocycles. The van der Waals surface area contributed by atoms with Crippen molar-refractivity contribution < 1.29 is 9.84 Å². The van der Waals surface area contributed by atoms with E-state index in [2.05, 4.69) is 21.0 Å². The molecule has 0 amide bonds. The van der Waals surface area contributed by atoms with E-state index in [1.807, 2.05) is 34.7 Å². The first-order valence-corrected chi connectivity index (χ1v) is 6.58. The highest BCUT2D eigenvalue weighted by Gasteiger charge is 2.30. The van der Waals surface area contributed by atoms with Crippen LogP contribution in [0.5, 0.6) is 0 Å². The molecule has 98 valence electrons. The van der Waals surface area contributed by atoms with Crippen molar-refractivity contribution in [2.24, 2.45) is 7.05 Å². The standard InChI is InChI=1S/C12H21BrN2O2/c1-6-17-12(3,4)10(16)7-9-11(13)8(2)14-15(9)5/h10,16H,6-7H2,1-5H3. The van der Waals surface area contributed by atoms with Crippen LogP contribution >= 0.6 is 15.9 Å². The molecule has 0 aromatic carbocycles. The molecule has 1 atom stereocenters. The smallest absolute Gasteiger partial charge is 0.0887 e. The van der Waals surface area contributed by atoms with E-state index in [4.69, 9.17) is 4.74 Å². The lowest BCUT2D eigenvalue weighted by molar-refractivity contribution is -0.0960. The third-order valence-corrected chi connectivity index (χ3v) is 4.00. The number of aromatic nitrogens is 2. The fourth-order valence-electron chi connectivity index (χ4n) is 1.80. The first kappa shape index (κ1) is 14.7. The lowest BCUT2D eigenvalue weighted by Gasteiger charge is -2.30. The summed E-state index contributed by atoms with van der Waals surface area (Å²) in [5.41, 5.74) is 1.37. The zero-order valence-corrected chi connectivity index (χ0v) is 12.7. The van der Waals surface area contributed by atoms with Gasteiger partial charge in [-0.15, -0.1) is 0 Å². The van der Waals surface area contributed by atoms with Gasteiger partial charge in [-0.1, -0.05) is 0 Å². The number of ether oxygens (including phenoxy) is 1. The Kier molecular flexibility index (Phi) is 4.75. The Morgan fingerprint density at radius 1 is 1.53 bits per heavy atom. The molecule has 0 aliphatic heterocycles. The molecule has 0 saturated carbocycles. The predicted molar refractivity (Wildman–Crippen MR) is 71.1 cm³/mol. The summed E-state index contributed by atoms with van der Waals surface area (Å²) < 4.78 is 8.32. The zero-order chi connectivity index (χ0) is 13.2. The Labute approximate surface area is 111 Å². The lowest BCUT2D eigenvalue weighted by Crippen LogP contribution is -2.40. The molecule has 0 aliphatic rings. The highest BCUT2D eigenvalue weighted by atomic mass is 79.9. The minimum absolute atomic E-state index is 0.519. The molecule has 0 aliphatic carbocycles. The molecule has 0 saturated heterocycles. The van der Waals surface area contributed by atoms with Crippen molar-refractivity contribution in [1.82, 2.24) is 9.78 Å². The first-order valence-electron chi connectivity index (χ1n) is 5.79. The molecule has 1 rings (SSSR count). The molecule has 5 heteroatoms. The second kappa shape index (κ2) is 5.50. The van der Waals surface area contributed by atoms with Crippen molar-refractivity contribution in [1.29, 1.82) is 0 Å². The molecule has 1 N–H and O–H groups in total. The van der Waals surface area contributed by atoms with E-state index in [1.165, 1.54) is 0 Å². The van der Waals surface area contributed by atoms with Crippen LogP contribution in [0.15, 0.2) is 4.47 Å². The normalized spacial score (nSPS) is 14.1. The van der Waals surface area contributed by atoms with Crippen molar-refractivity contribution in [3.8, 4) is 0 Å². The van der Waals surface area contributed by atoms with Crippen LogP contribution in [0.25, 0.3) is 0 Å². The van der Waals surface area contributed by atoms with E-state index in [0.717, 1.165) is 15.9 Å². The van der Waals surface area contributed by atoms with Gasteiger partial charge in [-0.3, -0.25) is 4.68 Å². The van der Waals surface area contributed by atoms with E-state index < -0.39 is 11.7 Å². The molecular formula is C12H21BrN2O2. The van der Waals surface area contributed by atoms with Gasteiger partial charge in [0.2, 0.25) is 0 Å². The van der Waals surface area contributed by atoms with Gasteiger partial charge in [-0.25, -0.2) is 0 Å². The van der Waals surface area contributed by atoms with Crippen LogP contribution in [0.1, 0.15) is 32.2 Å².